The van der Waals surface area contributed by atoms with E-state index in [4.69, 9.17) is 9.84 Å². The summed E-state index contributed by atoms with van der Waals surface area (Å²) in [5.41, 5.74) is 0.336. The number of rotatable bonds is 5. The SMILES string of the molecule is C=C(C)CNC(=O)N1CC(C)(OCC(=O)O)C1. The summed E-state index contributed by atoms with van der Waals surface area (Å²) in [4.78, 5) is 23.5. The third-order valence-corrected chi connectivity index (χ3v) is 2.42. The Bertz CT molecular complexity index is 334. The first-order chi connectivity index (χ1) is 7.82. The Balaban J connectivity index is 2.27. The van der Waals surface area contributed by atoms with Crippen LogP contribution in [0.5, 0.6) is 0 Å². The van der Waals surface area contributed by atoms with Crippen LogP contribution >= 0.6 is 0 Å². The molecular weight excluding hydrogens is 224 g/mol. The third kappa shape index (κ3) is 4.07. The molecule has 0 radical (unpaired) electrons. The van der Waals surface area contributed by atoms with Crippen LogP contribution in [0.3, 0.4) is 0 Å². The molecule has 96 valence electrons. The first kappa shape index (κ1) is 13.5. The first-order valence-corrected chi connectivity index (χ1v) is 5.35. The molecule has 0 aromatic heterocycles. The summed E-state index contributed by atoms with van der Waals surface area (Å²) >= 11 is 0. The molecule has 17 heavy (non-hydrogen) atoms. The maximum absolute atomic E-state index is 11.6. The van der Waals surface area contributed by atoms with E-state index >= 15 is 0 Å². The van der Waals surface area contributed by atoms with E-state index in [0.29, 0.717) is 19.6 Å². The minimum absolute atomic E-state index is 0.176. The number of hydrogen-bond donors (Lipinski definition) is 2. The van der Waals surface area contributed by atoms with Gasteiger partial charge in [0.1, 0.15) is 12.2 Å². The van der Waals surface area contributed by atoms with E-state index in [1.165, 1.54) is 0 Å². The third-order valence-electron chi connectivity index (χ3n) is 2.42. The van der Waals surface area contributed by atoms with E-state index in [1.807, 2.05) is 6.92 Å². The fraction of sp³-hybridized carbons (Fsp3) is 0.636. The highest BCUT2D eigenvalue weighted by Crippen LogP contribution is 2.24. The molecule has 1 heterocycles. The molecule has 0 saturated carbocycles. The second-order valence-corrected chi connectivity index (χ2v) is 4.60. The van der Waals surface area contributed by atoms with Crippen molar-refractivity contribution in [2.45, 2.75) is 19.4 Å². The Morgan fingerprint density at radius 2 is 2.12 bits per heavy atom. The summed E-state index contributed by atoms with van der Waals surface area (Å²) in [6.45, 7) is 8.23. The molecule has 2 N–H and O–H groups in total. The van der Waals surface area contributed by atoms with Gasteiger partial charge in [-0.25, -0.2) is 9.59 Å². The zero-order chi connectivity index (χ0) is 13.1. The number of nitrogens with zero attached hydrogens (tertiary/aromatic N) is 1. The number of carboxylic acid groups (broad SMARTS) is 1. The molecule has 1 fully saturated rings. The molecule has 0 spiro atoms. The van der Waals surface area contributed by atoms with Crippen LogP contribution in [0.2, 0.25) is 0 Å². The number of carbonyl (C=O) groups excluding carboxylic acids is 1. The first-order valence-electron chi connectivity index (χ1n) is 5.35. The Morgan fingerprint density at radius 3 is 2.59 bits per heavy atom. The Kier molecular flexibility index (Phi) is 4.11. The minimum atomic E-state index is -1.00. The van der Waals surface area contributed by atoms with Gasteiger partial charge in [0.25, 0.3) is 0 Å². The predicted molar refractivity (Wildman–Crippen MR) is 61.8 cm³/mol. The monoisotopic (exact) mass is 242 g/mol. The van der Waals surface area contributed by atoms with Crippen LogP contribution in [-0.2, 0) is 9.53 Å². The molecule has 0 bridgehead atoms. The normalized spacial score (nSPS) is 17.2. The molecule has 0 aliphatic carbocycles. The van der Waals surface area contributed by atoms with E-state index in [-0.39, 0.29) is 12.6 Å². The fourth-order valence-electron chi connectivity index (χ4n) is 1.57. The molecule has 1 aliphatic rings. The summed E-state index contributed by atoms with van der Waals surface area (Å²) in [5.74, 6) is -1.00. The Hall–Kier alpha value is -1.56. The summed E-state index contributed by atoms with van der Waals surface area (Å²) in [5, 5.41) is 11.2. The van der Waals surface area contributed by atoms with Gasteiger partial charge in [-0.15, -0.1) is 0 Å². The Labute approximate surface area is 100 Å². The van der Waals surface area contributed by atoms with Crippen molar-refractivity contribution < 1.29 is 19.4 Å². The topological polar surface area (TPSA) is 78.9 Å². The quantitative estimate of drug-likeness (QED) is 0.686. The summed E-state index contributed by atoms with van der Waals surface area (Å²) < 4.78 is 5.19. The molecule has 1 aliphatic heterocycles. The van der Waals surface area contributed by atoms with Crippen LogP contribution in [0.4, 0.5) is 4.79 Å². The highest BCUT2D eigenvalue weighted by Gasteiger charge is 2.42. The number of ether oxygens (including phenoxy) is 1. The van der Waals surface area contributed by atoms with Crippen molar-refractivity contribution in [1.82, 2.24) is 10.2 Å². The number of carboxylic acids is 1. The van der Waals surface area contributed by atoms with Gasteiger partial charge in [0, 0.05) is 6.54 Å². The van der Waals surface area contributed by atoms with Crippen molar-refractivity contribution in [3.05, 3.63) is 12.2 Å². The highest BCUT2D eigenvalue weighted by molar-refractivity contribution is 5.75. The van der Waals surface area contributed by atoms with Crippen molar-refractivity contribution in [2.24, 2.45) is 0 Å². The molecule has 0 atom stereocenters. The van der Waals surface area contributed by atoms with Gasteiger partial charge in [-0.3, -0.25) is 0 Å². The van der Waals surface area contributed by atoms with E-state index in [9.17, 15) is 9.59 Å². The van der Waals surface area contributed by atoms with Gasteiger partial charge in [0.15, 0.2) is 0 Å². The van der Waals surface area contributed by atoms with Gasteiger partial charge in [-0.05, 0) is 13.8 Å². The van der Waals surface area contributed by atoms with Gasteiger partial charge in [0.05, 0.1) is 13.1 Å². The van der Waals surface area contributed by atoms with Crippen LogP contribution in [0.15, 0.2) is 12.2 Å². The van der Waals surface area contributed by atoms with Crippen LogP contribution < -0.4 is 5.32 Å². The number of hydrogen-bond acceptors (Lipinski definition) is 3. The molecule has 0 aromatic carbocycles. The lowest BCUT2D eigenvalue weighted by Gasteiger charge is -2.46. The molecule has 1 rings (SSSR count). The van der Waals surface area contributed by atoms with Crippen molar-refractivity contribution in [3.8, 4) is 0 Å². The summed E-state index contributed by atoms with van der Waals surface area (Å²) in [6.07, 6.45) is 0. The number of amides is 2. The number of carbonyl (C=O) groups is 2. The lowest BCUT2D eigenvalue weighted by atomic mass is 9.97. The number of nitrogens with one attached hydrogen (secondary N) is 1. The standard InChI is InChI=1S/C11H18N2O4/c1-8(2)4-12-10(16)13-6-11(3,7-13)17-5-9(14)15/h1,4-7H2,2-3H3,(H,12,16)(H,14,15). The van der Waals surface area contributed by atoms with Gasteiger partial charge in [-0.1, -0.05) is 12.2 Å². The maximum Gasteiger partial charge on any atom is 0.329 e. The van der Waals surface area contributed by atoms with E-state index < -0.39 is 11.6 Å². The summed E-state index contributed by atoms with van der Waals surface area (Å²) in [7, 11) is 0. The zero-order valence-electron chi connectivity index (χ0n) is 10.2. The summed E-state index contributed by atoms with van der Waals surface area (Å²) in [6, 6.07) is -0.176. The van der Waals surface area contributed by atoms with Gasteiger partial charge in [0.2, 0.25) is 0 Å². The second-order valence-electron chi connectivity index (χ2n) is 4.60. The maximum atomic E-state index is 11.6. The lowest BCUT2D eigenvalue weighted by Crippen LogP contribution is -2.65. The molecular formula is C11H18N2O4. The average Bonchev–Trinajstić information content (AvgIpc) is 2.19. The van der Waals surface area contributed by atoms with Crippen molar-refractivity contribution in [2.75, 3.05) is 26.2 Å². The van der Waals surface area contributed by atoms with Crippen molar-refractivity contribution in [3.63, 3.8) is 0 Å². The van der Waals surface area contributed by atoms with Gasteiger partial charge >= 0.3 is 12.0 Å². The largest absolute Gasteiger partial charge is 0.480 e. The molecule has 1 saturated heterocycles. The zero-order valence-corrected chi connectivity index (χ0v) is 10.2. The second kappa shape index (κ2) is 5.18. The van der Waals surface area contributed by atoms with Crippen LogP contribution in [0.1, 0.15) is 13.8 Å². The lowest BCUT2D eigenvalue weighted by molar-refractivity contribution is -0.159. The van der Waals surface area contributed by atoms with E-state index in [1.54, 1.807) is 11.8 Å². The number of urea groups is 1. The average molecular weight is 242 g/mol. The predicted octanol–water partition coefficient (Wildman–Crippen LogP) is 0.448. The molecule has 2 amide bonds. The molecule has 0 aromatic rings. The molecule has 0 unspecified atom stereocenters. The van der Waals surface area contributed by atoms with E-state index in [2.05, 4.69) is 11.9 Å². The molecule has 6 nitrogen and oxygen atoms in total. The van der Waals surface area contributed by atoms with Crippen LogP contribution in [0.25, 0.3) is 0 Å². The number of aliphatic carboxylic acids is 1. The van der Waals surface area contributed by atoms with Gasteiger partial charge < -0.3 is 20.1 Å². The highest BCUT2D eigenvalue weighted by atomic mass is 16.5. The van der Waals surface area contributed by atoms with Crippen LogP contribution in [0, 0.1) is 0 Å². The Morgan fingerprint density at radius 1 is 1.53 bits per heavy atom. The van der Waals surface area contributed by atoms with E-state index in [0.717, 1.165) is 5.57 Å². The van der Waals surface area contributed by atoms with Crippen molar-refractivity contribution >= 4 is 12.0 Å². The van der Waals surface area contributed by atoms with Crippen LogP contribution in [-0.4, -0.2) is 53.8 Å². The minimum Gasteiger partial charge on any atom is -0.480 e. The van der Waals surface area contributed by atoms with Crippen molar-refractivity contribution in [1.29, 1.82) is 0 Å². The van der Waals surface area contributed by atoms with Gasteiger partial charge in [-0.2, -0.15) is 0 Å². The molecule has 6 heteroatoms. The smallest absolute Gasteiger partial charge is 0.329 e. The fourth-order valence-corrected chi connectivity index (χ4v) is 1.57. The number of likely N-dealkylation sites (tertiary alicyclic amines) is 1.